The van der Waals surface area contributed by atoms with Crippen molar-refractivity contribution in [2.24, 2.45) is 0 Å². The van der Waals surface area contributed by atoms with Crippen LogP contribution in [0.3, 0.4) is 0 Å². The summed E-state index contributed by atoms with van der Waals surface area (Å²) in [6.07, 6.45) is 0. The number of carbonyl (C=O) groups is 2. The van der Waals surface area contributed by atoms with E-state index in [0.717, 1.165) is 16.9 Å². The van der Waals surface area contributed by atoms with E-state index in [1.807, 2.05) is 68.4 Å². The average Bonchev–Trinajstić information content (AvgIpc) is 2.62. The van der Waals surface area contributed by atoms with Crippen molar-refractivity contribution in [1.29, 1.82) is 0 Å². The molecule has 1 heterocycles. The van der Waals surface area contributed by atoms with Crippen LogP contribution in [-0.2, 0) is 4.79 Å². The zero-order chi connectivity index (χ0) is 18.0. The van der Waals surface area contributed by atoms with E-state index in [-0.39, 0.29) is 18.4 Å². The van der Waals surface area contributed by atoms with Crippen molar-refractivity contribution >= 4 is 23.2 Å². The molecule has 1 aliphatic heterocycles. The van der Waals surface area contributed by atoms with Crippen LogP contribution in [0.25, 0.3) is 0 Å². The first kappa shape index (κ1) is 17.0. The smallest absolute Gasteiger partial charge is 0.254 e. The molecule has 2 aromatic carbocycles. The molecule has 2 aromatic rings. The van der Waals surface area contributed by atoms with Crippen LogP contribution in [0, 0.1) is 6.92 Å². The number of piperazine rings is 1. The summed E-state index contributed by atoms with van der Waals surface area (Å²) in [6.45, 7) is 3.18. The van der Waals surface area contributed by atoms with Crippen LogP contribution < -0.4 is 9.80 Å². The number of aryl methyl sites for hydroxylation is 1. The van der Waals surface area contributed by atoms with Crippen molar-refractivity contribution in [1.82, 2.24) is 4.90 Å². The molecule has 25 heavy (non-hydrogen) atoms. The fourth-order valence-corrected chi connectivity index (χ4v) is 2.94. The third-order valence-corrected chi connectivity index (χ3v) is 4.46. The van der Waals surface area contributed by atoms with Gasteiger partial charge < -0.3 is 14.7 Å². The predicted molar refractivity (Wildman–Crippen MR) is 100 cm³/mol. The zero-order valence-corrected chi connectivity index (χ0v) is 14.9. The zero-order valence-electron chi connectivity index (χ0n) is 14.9. The van der Waals surface area contributed by atoms with Crippen molar-refractivity contribution in [3.05, 3.63) is 59.7 Å². The van der Waals surface area contributed by atoms with E-state index in [1.54, 1.807) is 15.9 Å². The van der Waals surface area contributed by atoms with Gasteiger partial charge in [-0.05, 0) is 37.3 Å². The van der Waals surface area contributed by atoms with Crippen LogP contribution in [0.5, 0.6) is 0 Å². The van der Waals surface area contributed by atoms with Crippen molar-refractivity contribution in [3.63, 3.8) is 0 Å². The Bertz CT molecular complexity index is 784. The highest BCUT2D eigenvalue weighted by atomic mass is 16.2. The normalized spacial score (nSPS) is 14.6. The Morgan fingerprint density at radius 2 is 1.76 bits per heavy atom. The van der Waals surface area contributed by atoms with E-state index in [9.17, 15) is 9.59 Å². The summed E-state index contributed by atoms with van der Waals surface area (Å²) in [5.41, 5.74) is 3.63. The van der Waals surface area contributed by atoms with E-state index >= 15 is 0 Å². The second-order valence-corrected chi connectivity index (χ2v) is 6.55. The van der Waals surface area contributed by atoms with Crippen LogP contribution in [0.4, 0.5) is 11.4 Å². The largest absolute Gasteiger partial charge is 0.378 e. The van der Waals surface area contributed by atoms with E-state index in [0.29, 0.717) is 18.7 Å². The summed E-state index contributed by atoms with van der Waals surface area (Å²) >= 11 is 0. The fourth-order valence-electron chi connectivity index (χ4n) is 2.94. The molecule has 0 unspecified atom stereocenters. The van der Waals surface area contributed by atoms with Gasteiger partial charge in [0.25, 0.3) is 5.91 Å². The van der Waals surface area contributed by atoms with Crippen LogP contribution in [0.1, 0.15) is 15.9 Å². The minimum atomic E-state index is -0.0967. The molecule has 3 rings (SSSR count). The summed E-state index contributed by atoms with van der Waals surface area (Å²) in [5.74, 6) is -0.146. The van der Waals surface area contributed by atoms with E-state index in [4.69, 9.17) is 0 Å². The van der Waals surface area contributed by atoms with Gasteiger partial charge in [0.05, 0.1) is 0 Å². The Hall–Kier alpha value is -2.82. The van der Waals surface area contributed by atoms with Gasteiger partial charge in [0.15, 0.2) is 0 Å². The Balaban J connectivity index is 1.72. The molecule has 0 N–H and O–H groups in total. The molecule has 5 nitrogen and oxygen atoms in total. The topological polar surface area (TPSA) is 43.9 Å². The molecule has 2 amide bonds. The van der Waals surface area contributed by atoms with Crippen molar-refractivity contribution < 1.29 is 9.59 Å². The molecule has 0 bridgehead atoms. The Morgan fingerprint density at radius 1 is 1.04 bits per heavy atom. The first-order valence-corrected chi connectivity index (χ1v) is 8.39. The molecule has 5 heteroatoms. The number of hydrogen-bond acceptors (Lipinski definition) is 3. The minimum absolute atomic E-state index is 0.0489. The Kier molecular flexibility index (Phi) is 4.74. The first-order chi connectivity index (χ1) is 12.0. The van der Waals surface area contributed by atoms with Gasteiger partial charge in [0.1, 0.15) is 6.54 Å². The van der Waals surface area contributed by atoms with Gasteiger partial charge in [-0.25, -0.2) is 0 Å². The molecule has 1 aliphatic rings. The summed E-state index contributed by atoms with van der Waals surface area (Å²) < 4.78 is 0. The second-order valence-electron chi connectivity index (χ2n) is 6.55. The van der Waals surface area contributed by atoms with Gasteiger partial charge in [-0.3, -0.25) is 9.59 Å². The van der Waals surface area contributed by atoms with Gasteiger partial charge in [0, 0.05) is 44.1 Å². The van der Waals surface area contributed by atoms with Crippen LogP contribution in [-0.4, -0.2) is 50.4 Å². The van der Waals surface area contributed by atoms with Gasteiger partial charge in [-0.2, -0.15) is 0 Å². The molecule has 0 aliphatic carbocycles. The maximum atomic E-state index is 12.7. The molecule has 0 saturated carbocycles. The van der Waals surface area contributed by atoms with Crippen LogP contribution in [0.2, 0.25) is 0 Å². The van der Waals surface area contributed by atoms with E-state index < -0.39 is 0 Å². The number of benzene rings is 2. The summed E-state index contributed by atoms with van der Waals surface area (Å²) in [4.78, 5) is 30.6. The molecule has 130 valence electrons. The molecule has 0 radical (unpaired) electrons. The third-order valence-electron chi connectivity index (χ3n) is 4.46. The quantitative estimate of drug-likeness (QED) is 0.864. The molecule has 0 atom stereocenters. The number of amides is 2. The third kappa shape index (κ3) is 3.65. The highest BCUT2D eigenvalue weighted by Gasteiger charge is 2.28. The standard InChI is InChI=1S/C20H23N3O2/c1-15-7-9-17(10-8-15)23-12-11-22(14-19(23)24)20(25)16-5-4-6-18(13-16)21(2)3/h4-10,13H,11-12,14H2,1-3H3. The summed E-state index contributed by atoms with van der Waals surface area (Å²) in [6, 6.07) is 15.4. The van der Waals surface area contributed by atoms with Crippen molar-refractivity contribution in [2.75, 3.05) is 43.5 Å². The fraction of sp³-hybridized carbons (Fsp3) is 0.300. The average molecular weight is 337 g/mol. The lowest BCUT2D eigenvalue weighted by molar-refractivity contribution is -0.120. The Morgan fingerprint density at radius 3 is 2.40 bits per heavy atom. The lowest BCUT2D eigenvalue weighted by Crippen LogP contribution is -2.52. The molecule has 0 aromatic heterocycles. The van der Waals surface area contributed by atoms with Crippen molar-refractivity contribution in [3.8, 4) is 0 Å². The number of hydrogen-bond donors (Lipinski definition) is 0. The summed E-state index contributed by atoms with van der Waals surface area (Å²) in [5, 5.41) is 0. The first-order valence-electron chi connectivity index (χ1n) is 8.39. The van der Waals surface area contributed by atoms with E-state index in [1.165, 1.54) is 0 Å². The van der Waals surface area contributed by atoms with Crippen LogP contribution >= 0.6 is 0 Å². The monoisotopic (exact) mass is 337 g/mol. The summed E-state index contributed by atoms with van der Waals surface area (Å²) in [7, 11) is 3.88. The molecule has 1 fully saturated rings. The van der Waals surface area contributed by atoms with Crippen molar-refractivity contribution in [2.45, 2.75) is 6.92 Å². The van der Waals surface area contributed by atoms with Gasteiger partial charge in [-0.1, -0.05) is 23.8 Å². The van der Waals surface area contributed by atoms with Crippen LogP contribution in [0.15, 0.2) is 48.5 Å². The SMILES string of the molecule is Cc1ccc(N2CCN(C(=O)c3cccc(N(C)C)c3)CC2=O)cc1. The molecule has 0 spiro atoms. The molecular formula is C20H23N3O2. The lowest BCUT2D eigenvalue weighted by atomic mass is 10.1. The lowest BCUT2D eigenvalue weighted by Gasteiger charge is -2.34. The van der Waals surface area contributed by atoms with Gasteiger partial charge in [-0.15, -0.1) is 0 Å². The maximum Gasteiger partial charge on any atom is 0.254 e. The number of rotatable bonds is 3. The molecular weight excluding hydrogens is 314 g/mol. The number of carbonyl (C=O) groups excluding carboxylic acids is 2. The Labute approximate surface area is 148 Å². The van der Waals surface area contributed by atoms with E-state index in [2.05, 4.69) is 0 Å². The number of nitrogens with zero attached hydrogens (tertiary/aromatic N) is 3. The number of anilines is 2. The predicted octanol–water partition coefficient (Wildman–Crippen LogP) is 2.55. The minimum Gasteiger partial charge on any atom is -0.378 e. The highest BCUT2D eigenvalue weighted by Crippen LogP contribution is 2.20. The maximum absolute atomic E-state index is 12.7. The van der Waals surface area contributed by atoms with Gasteiger partial charge >= 0.3 is 0 Å². The highest BCUT2D eigenvalue weighted by molar-refractivity contribution is 6.02. The van der Waals surface area contributed by atoms with Gasteiger partial charge in [0.2, 0.25) is 5.91 Å². The second kappa shape index (κ2) is 6.97. The molecule has 1 saturated heterocycles.